The summed E-state index contributed by atoms with van der Waals surface area (Å²) < 4.78 is 4.85. The number of benzene rings is 2. The number of ether oxygens (including phenoxy) is 1. The maximum Gasteiger partial charge on any atom is 0.310 e. The molecular weight excluding hydrogens is 371 g/mol. The highest BCUT2D eigenvalue weighted by Crippen LogP contribution is 2.25. The van der Waals surface area contributed by atoms with Crippen molar-refractivity contribution in [2.45, 2.75) is 6.42 Å². The molecule has 0 fully saturated rings. The minimum Gasteiger partial charge on any atom is -0.455 e. The van der Waals surface area contributed by atoms with Crippen LogP contribution in [0.5, 0.6) is 0 Å². The standard InChI is InChI=1S/C16H12Cl2N2O5/c17-11-4-3-5-12(18)10(11)8-16(22)25-9-15(21)19-13-6-1-2-7-14(13)20(23)24/h1-7H,8-9H2,(H,19,21). The molecule has 2 aromatic carbocycles. The summed E-state index contributed by atoms with van der Waals surface area (Å²) in [5.74, 6) is -1.40. The third-order valence-electron chi connectivity index (χ3n) is 3.12. The number of hydrogen-bond acceptors (Lipinski definition) is 5. The van der Waals surface area contributed by atoms with E-state index in [0.29, 0.717) is 15.6 Å². The van der Waals surface area contributed by atoms with Crippen molar-refractivity contribution >= 4 is 46.5 Å². The average molecular weight is 383 g/mol. The molecule has 0 spiro atoms. The van der Waals surface area contributed by atoms with Crippen LogP contribution in [0.1, 0.15) is 5.56 Å². The molecule has 0 aliphatic heterocycles. The smallest absolute Gasteiger partial charge is 0.310 e. The topological polar surface area (TPSA) is 98.5 Å². The second kappa shape index (κ2) is 8.46. The van der Waals surface area contributed by atoms with E-state index in [9.17, 15) is 19.7 Å². The summed E-state index contributed by atoms with van der Waals surface area (Å²) in [6, 6.07) is 10.4. The molecule has 2 rings (SSSR count). The minimum absolute atomic E-state index is 0.0164. The van der Waals surface area contributed by atoms with E-state index in [1.807, 2.05) is 0 Å². The first-order valence-electron chi connectivity index (χ1n) is 7.00. The van der Waals surface area contributed by atoms with Crippen molar-refractivity contribution in [3.63, 3.8) is 0 Å². The molecule has 0 aromatic heterocycles. The number of halogens is 2. The predicted octanol–water partition coefficient (Wildman–Crippen LogP) is 3.63. The van der Waals surface area contributed by atoms with E-state index in [-0.39, 0.29) is 17.8 Å². The molecular formula is C16H12Cl2N2O5. The summed E-state index contributed by atoms with van der Waals surface area (Å²) >= 11 is 11.9. The Morgan fingerprint density at radius 2 is 1.72 bits per heavy atom. The van der Waals surface area contributed by atoms with Gasteiger partial charge in [0.1, 0.15) is 5.69 Å². The van der Waals surface area contributed by atoms with Crippen LogP contribution in [0.25, 0.3) is 0 Å². The number of amides is 1. The fourth-order valence-electron chi connectivity index (χ4n) is 1.97. The van der Waals surface area contributed by atoms with Crippen molar-refractivity contribution in [1.29, 1.82) is 0 Å². The highest BCUT2D eigenvalue weighted by Gasteiger charge is 2.17. The second-order valence-corrected chi connectivity index (χ2v) is 5.67. The van der Waals surface area contributed by atoms with Crippen LogP contribution in [0.3, 0.4) is 0 Å². The molecule has 0 atom stereocenters. The number of nitrogens with one attached hydrogen (secondary N) is 1. The summed E-state index contributed by atoms with van der Waals surface area (Å²) in [6.07, 6.45) is -0.197. The molecule has 0 aliphatic rings. The highest BCUT2D eigenvalue weighted by atomic mass is 35.5. The van der Waals surface area contributed by atoms with Gasteiger partial charge in [0.05, 0.1) is 11.3 Å². The van der Waals surface area contributed by atoms with Crippen LogP contribution < -0.4 is 5.32 Å². The zero-order chi connectivity index (χ0) is 18.4. The van der Waals surface area contributed by atoms with Gasteiger partial charge in [-0.3, -0.25) is 19.7 Å². The predicted molar refractivity (Wildman–Crippen MR) is 92.9 cm³/mol. The molecule has 0 aliphatic carbocycles. The third kappa shape index (κ3) is 5.17. The Morgan fingerprint density at radius 1 is 1.08 bits per heavy atom. The lowest BCUT2D eigenvalue weighted by atomic mass is 10.1. The Kier molecular flexibility index (Phi) is 6.32. The Bertz CT molecular complexity index is 806. The SMILES string of the molecule is O=C(COC(=O)Cc1c(Cl)cccc1Cl)Nc1ccccc1[N+](=O)[O-]. The summed E-state index contributed by atoms with van der Waals surface area (Å²) in [4.78, 5) is 33.9. The third-order valence-corrected chi connectivity index (χ3v) is 3.83. The van der Waals surface area contributed by atoms with Gasteiger partial charge in [-0.15, -0.1) is 0 Å². The van der Waals surface area contributed by atoms with Gasteiger partial charge >= 0.3 is 5.97 Å². The van der Waals surface area contributed by atoms with Crippen molar-refractivity contribution in [1.82, 2.24) is 0 Å². The normalized spacial score (nSPS) is 10.2. The van der Waals surface area contributed by atoms with Crippen LogP contribution in [0, 0.1) is 10.1 Å². The quantitative estimate of drug-likeness (QED) is 0.467. The number of nitrogens with zero attached hydrogens (tertiary/aromatic N) is 1. The van der Waals surface area contributed by atoms with Gasteiger partial charge in [-0.2, -0.15) is 0 Å². The first-order chi connectivity index (χ1) is 11.9. The number of carbonyl (C=O) groups excluding carboxylic acids is 2. The molecule has 7 nitrogen and oxygen atoms in total. The largest absolute Gasteiger partial charge is 0.455 e. The second-order valence-electron chi connectivity index (χ2n) is 4.86. The number of esters is 1. The highest BCUT2D eigenvalue weighted by molar-refractivity contribution is 6.36. The van der Waals surface area contributed by atoms with E-state index < -0.39 is 23.4 Å². The molecule has 0 saturated carbocycles. The Labute approximate surface area is 152 Å². The average Bonchev–Trinajstić information content (AvgIpc) is 2.57. The van der Waals surface area contributed by atoms with E-state index >= 15 is 0 Å². The monoisotopic (exact) mass is 382 g/mol. The first kappa shape index (κ1) is 18.7. The maximum atomic E-state index is 11.8. The Morgan fingerprint density at radius 3 is 2.36 bits per heavy atom. The van der Waals surface area contributed by atoms with Gasteiger partial charge in [0.15, 0.2) is 6.61 Å². The van der Waals surface area contributed by atoms with Gasteiger partial charge in [-0.05, 0) is 18.2 Å². The number of nitro groups is 1. The Hall–Kier alpha value is -2.64. The van der Waals surface area contributed by atoms with Crippen LogP contribution in [0.2, 0.25) is 10.0 Å². The molecule has 0 heterocycles. The first-order valence-corrected chi connectivity index (χ1v) is 7.76. The fraction of sp³-hybridized carbons (Fsp3) is 0.125. The van der Waals surface area contributed by atoms with Crippen LogP contribution in [0.15, 0.2) is 42.5 Å². The number of carbonyl (C=O) groups is 2. The molecule has 25 heavy (non-hydrogen) atoms. The molecule has 2 aromatic rings. The minimum atomic E-state index is -0.701. The van der Waals surface area contributed by atoms with Gasteiger partial charge in [-0.1, -0.05) is 41.4 Å². The summed E-state index contributed by atoms with van der Waals surface area (Å²) in [5, 5.41) is 13.8. The van der Waals surface area contributed by atoms with Crippen LogP contribution >= 0.6 is 23.2 Å². The number of rotatable bonds is 6. The maximum absolute atomic E-state index is 11.8. The summed E-state index contributed by atoms with van der Waals surface area (Å²) in [7, 11) is 0. The lowest BCUT2D eigenvalue weighted by Gasteiger charge is -2.08. The number of para-hydroxylation sites is 2. The molecule has 0 radical (unpaired) electrons. The molecule has 9 heteroatoms. The van der Waals surface area contributed by atoms with E-state index in [2.05, 4.69) is 5.32 Å². The molecule has 0 unspecified atom stereocenters. The van der Waals surface area contributed by atoms with Crippen molar-refractivity contribution < 1.29 is 19.2 Å². The van der Waals surface area contributed by atoms with Gasteiger partial charge < -0.3 is 10.1 Å². The molecule has 1 amide bonds. The number of nitro benzene ring substituents is 1. The zero-order valence-corrected chi connectivity index (χ0v) is 14.2. The van der Waals surface area contributed by atoms with Crippen molar-refractivity contribution in [3.8, 4) is 0 Å². The Balaban J connectivity index is 1.92. The van der Waals surface area contributed by atoms with E-state index in [1.165, 1.54) is 24.3 Å². The van der Waals surface area contributed by atoms with Crippen LogP contribution in [-0.2, 0) is 20.7 Å². The van der Waals surface area contributed by atoms with E-state index in [4.69, 9.17) is 27.9 Å². The van der Waals surface area contributed by atoms with Gasteiger partial charge in [0, 0.05) is 21.7 Å². The van der Waals surface area contributed by atoms with Gasteiger partial charge in [-0.25, -0.2) is 0 Å². The van der Waals surface area contributed by atoms with Gasteiger partial charge in [0.25, 0.3) is 11.6 Å². The number of anilines is 1. The van der Waals surface area contributed by atoms with Crippen molar-refractivity contribution in [2.75, 3.05) is 11.9 Å². The zero-order valence-electron chi connectivity index (χ0n) is 12.7. The van der Waals surface area contributed by atoms with Gasteiger partial charge in [0.2, 0.25) is 0 Å². The fourth-order valence-corrected chi connectivity index (χ4v) is 2.50. The van der Waals surface area contributed by atoms with Crippen molar-refractivity contribution in [3.05, 3.63) is 68.2 Å². The molecule has 0 saturated heterocycles. The summed E-state index contributed by atoms with van der Waals surface area (Å²) in [5.41, 5.74) is 0.155. The van der Waals surface area contributed by atoms with E-state index in [0.717, 1.165) is 0 Å². The van der Waals surface area contributed by atoms with Crippen molar-refractivity contribution in [2.24, 2.45) is 0 Å². The molecule has 1 N–H and O–H groups in total. The van der Waals surface area contributed by atoms with Crippen LogP contribution in [-0.4, -0.2) is 23.4 Å². The number of hydrogen-bond donors (Lipinski definition) is 1. The lowest BCUT2D eigenvalue weighted by Crippen LogP contribution is -2.22. The van der Waals surface area contributed by atoms with Crippen LogP contribution in [0.4, 0.5) is 11.4 Å². The summed E-state index contributed by atoms with van der Waals surface area (Å²) in [6.45, 7) is -0.590. The molecule has 130 valence electrons. The lowest BCUT2D eigenvalue weighted by molar-refractivity contribution is -0.383. The molecule has 0 bridgehead atoms. The van der Waals surface area contributed by atoms with E-state index in [1.54, 1.807) is 18.2 Å².